The Morgan fingerprint density at radius 1 is 1.32 bits per heavy atom. The van der Waals surface area contributed by atoms with E-state index in [1.54, 1.807) is 41.5 Å². The molecule has 6 heteroatoms. The molecule has 3 heterocycles. The van der Waals surface area contributed by atoms with Crippen LogP contribution in [0.15, 0.2) is 41.5 Å². The van der Waals surface area contributed by atoms with Crippen molar-refractivity contribution in [3.05, 3.63) is 69.4 Å². The quantitative estimate of drug-likeness (QED) is 0.686. The van der Waals surface area contributed by atoms with E-state index in [0.717, 1.165) is 11.3 Å². The molecular weight excluding hydrogens is 318 g/mol. The van der Waals surface area contributed by atoms with Crippen molar-refractivity contribution in [1.29, 1.82) is 0 Å². The first-order valence-corrected chi connectivity index (χ1v) is 8.26. The molecule has 0 aliphatic carbocycles. The third-order valence-corrected chi connectivity index (χ3v) is 4.50. The lowest BCUT2D eigenvalue weighted by atomic mass is 9.95. The van der Waals surface area contributed by atoms with Gasteiger partial charge in [0.15, 0.2) is 0 Å². The number of esters is 1. The van der Waals surface area contributed by atoms with Gasteiger partial charge in [-0.05, 0) is 37.6 Å². The fourth-order valence-corrected chi connectivity index (χ4v) is 3.30. The van der Waals surface area contributed by atoms with Gasteiger partial charge in [-0.25, -0.2) is 9.31 Å². The normalized spacial score (nSPS) is 12.3. The summed E-state index contributed by atoms with van der Waals surface area (Å²) >= 11 is 0. The van der Waals surface area contributed by atoms with Crippen LogP contribution in [0.1, 0.15) is 46.9 Å². The summed E-state index contributed by atoms with van der Waals surface area (Å²) in [6.07, 6.45) is 3.39. The fourth-order valence-electron chi connectivity index (χ4n) is 3.30. The maximum atomic E-state index is 12.5. The van der Waals surface area contributed by atoms with Crippen molar-refractivity contribution in [2.45, 2.75) is 26.7 Å². The van der Waals surface area contributed by atoms with Crippen molar-refractivity contribution in [3.63, 3.8) is 0 Å². The Labute approximate surface area is 145 Å². The van der Waals surface area contributed by atoms with Gasteiger partial charge < -0.3 is 9.30 Å². The summed E-state index contributed by atoms with van der Waals surface area (Å²) in [6.45, 7) is 5.91. The first kappa shape index (κ1) is 17.0. The van der Waals surface area contributed by atoms with Crippen LogP contribution in [-0.2, 0) is 11.8 Å². The maximum Gasteiger partial charge on any atom is 0.340 e. The summed E-state index contributed by atoms with van der Waals surface area (Å²) in [7, 11) is 1.73. The molecule has 0 amide bonds. The molecule has 3 aromatic rings. The average Bonchev–Trinajstić information content (AvgIpc) is 2.89. The number of carbonyl (C=O) groups excluding carboxylic acids is 1. The van der Waals surface area contributed by atoms with Crippen molar-refractivity contribution < 1.29 is 9.53 Å². The highest BCUT2D eigenvalue weighted by Crippen LogP contribution is 2.31. The van der Waals surface area contributed by atoms with Gasteiger partial charge in [0.1, 0.15) is 0 Å². The number of carbonyl (C=O) groups is 1. The Kier molecular flexibility index (Phi) is 4.44. The second-order valence-electron chi connectivity index (χ2n) is 6.03. The standard InChI is InChI=1S/C19H21N3O3/c1-5-25-19(24)16-13(3)17(22-15(16)9-6-10-20-22)12(2)14-8-7-11-21(4)18(14)23/h6-12H,5H2,1-4H3. The summed E-state index contributed by atoms with van der Waals surface area (Å²) in [5, 5.41) is 4.40. The Morgan fingerprint density at radius 2 is 2.08 bits per heavy atom. The highest BCUT2D eigenvalue weighted by Gasteiger charge is 2.26. The minimum Gasteiger partial charge on any atom is -0.462 e. The van der Waals surface area contributed by atoms with E-state index in [4.69, 9.17) is 4.74 Å². The molecule has 3 aromatic heterocycles. The van der Waals surface area contributed by atoms with Crippen LogP contribution in [0, 0.1) is 6.92 Å². The number of rotatable bonds is 4. The van der Waals surface area contributed by atoms with E-state index in [9.17, 15) is 9.59 Å². The van der Waals surface area contributed by atoms with Gasteiger partial charge in [0.2, 0.25) is 0 Å². The van der Waals surface area contributed by atoms with Crippen LogP contribution in [0.3, 0.4) is 0 Å². The zero-order valence-electron chi connectivity index (χ0n) is 14.8. The molecule has 0 fully saturated rings. The SMILES string of the molecule is CCOC(=O)c1c(C)c(C(C)c2cccn(C)c2=O)n2ncccc12. The van der Waals surface area contributed by atoms with E-state index in [1.807, 2.05) is 32.0 Å². The minimum atomic E-state index is -0.370. The van der Waals surface area contributed by atoms with Gasteiger partial charge in [-0.1, -0.05) is 13.0 Å². The van der Waals surface area contributed by atoms with Crippen LogP contribution < -0.4 is 5.56 Å². The minimum absolute atomic E-state index is 0.0574. The van der Waals surface area contributed by atoms with E-state index in [-0.39, 0.29) is 17.4 Å². The second-order valence-corrected chi connectivity index (χ2v) is 6.03. The summed E-state index contributed by atoms with van der Waals surface area (Å²) in [5.74, 6) is -0.588. The maximum absolute atomic E-state index is 12.5. The number of aryl methyl sites for hydroxylation is 1. The van der Waals surface area contributed by atoms with E-state index in [2.05, 4.69) is 5.10 Å². The third kappa shape index (κ3) is 2.73. The highest BCUT2D eigenvalue weighted by atomic mass is 16.5. The molecule has 1 atom stereocenters. The summed E-state index contributed by atoms with van der Waals surface area (Å²) in [6, 6.07) is 7.29. The van der Waals surface area contributed by atoms with Crippen molar-refractivity contribution >= 4 is 11.5 Å². The number of aromatic nitrogens is 3. The van der Waals surface area contributed by atoms with Crippen LogP contribution in [0.5, 0.6) is 0 Å². The van der Waals surface area contributed by atoms with E-state index >= 15 is 0 Å². The molecule has 1 unspecified atom stereocenters. The lowest BCUT2D eigenvalue weighted by molar-refractivity contribution is 0.0528. The topological polar surface area (TPSA) is 65.6 Å². The van der Waals surface area contributed by atoms with Gasteiger partial charge in [0, 0.05) is 30.9 Å². The number of pyridine rings is 1. The van der Waals surface area contributed by atoms with Gasteiger partial charge >= 0.3 is 5.97 Å². The van der Waals surface area contributed by atoms with Gasteiger partial charge in [-0.2, -0.15) is 5.10 Å². The lowest BCUT2D eigenvalue weighted by Gasteiger charge is -2.13. The molecule has 0 aliphatic rings. The Bertz CT molecular complexity index is 1000. The number of ether oxygens (including phenoxy) is 1. The van der Waals surface area contributed by atoms with Gasteiger partial charge in [-0.3, -0.25) is 4.79 Å². The van der Waals surface area contributed by atoms with Gasteiger partial charge in [0.05, 0.1) is 23.4 Å². The number of nitrogens with zero attached hydrogens (tertiary/aromatic N) is 3. The van der Waals surface area contributed by atoms with Crippen molar-refractivity contribution in [3.8, 4) is 0 Å². The molecule has 0 spiro atoms. The van der Waals surface area contributed by atoms with Crippen molar-refractivity contribution in [2.24, 2.45) is 7.05 Å². The van der Waals surface area contributed by atoms with Crippen LogP contribution in [0.25, 0.3) is 5.52 Å². The van der Waals surface area contributed by atoms with Crippen LogP contribution in [-0.4, -0.2) is 26.8 Å². The molecule has 0 saturated carbocycles. The average molecular weight is 339 g/mol. The number of hydrogen-bond acceptors (Lipinski definition) is 4. The Morgan fingerprint density at radius 3 is 2.80 bits per heavy atom. The van der Waals surface area contributed by atoms with E-state index < -0.39 is 0 Å². The van der Waals surface area contributed by atoms with Crippen molar-refractivity contribution in [1.82, 2.24) is 14.2 Å². The molecule has 0 bridgehead atoms. The molecule has 0 aromatic carbocycles. The highest BCUT2D eigenvalue weighted by molar-refractivity contribution is 5.99. The molecular formula is C19H21N3O3. The zero-order valence-corrected chi connectivity index (χ0v) is 14.8. The summed E-state index contributed by atoms with van der Waals surface area (Å²) < 4.78 is 8.50. The van der Waals surface area contributed by atoms with Crippen LogP contribution in [0.4, 0.5) is 0 Å². The number of hydrogen-bond donors (Lipinski definition) is 0. The van der Waals surface area contributed by atoms with Crippen molar-refractivity contribution in [2.75, 3.05) is 6.61 Å². The van der Waals surface area contributed by atoms with Crippen LogP contribution >= 0.6 is 0 Å². The molecule has 0 N–H and O–H groups in total. The fraction of sp³-hybridized carbons (Fsp3) is 0.316. The third-order valence-electron chi connectivity index (χ3n) is 4.50. The Balaban J connectivity index is 2.26. The smallest absolute Gasteiger partial charge is 0.340 e. The zero-order chi connectivity index (χ0) is 18.1. The molecule has 0 aliphatic heterocycles. The van der Waals surface area contributed by atoms with Crippen LogP contribution in [0.2, 0.25) is 0 Å². The molecule has 6 nitrogen and oxygen atoms in total. The summed E-state index contributed by atoms with van der Waals surface area (Å²) in [4.78, 5) is 25.0. The number of fused-ring (bicyclic) bond motifs is 1. The second kappa shape index (κ2) is 6.55. The molecule has 0 radical (unpaired) electrons. The summed E-state index contributed by atoms with van der Waals surface area (Å²) in [5.41, 5.74) is 3.40. The predicted octanol–water partition coefficient (Wildman–Crippen LogP) is 2.67. The molecule has 25 heavy (non-hydrogen) atoms. The first-order chi connectivity index (χ1) is 12.0. The van der Waals surface area contributed by atoms with Gasteiger partial charge in [-0.15, -0.1) is 0 Å². The molecule has 0 saturated heterocycles. The Hall–Kier alpha value is -2.89. The largest absolute Gasteiger partial charge is 0.462 e. The van der Waals surface area contributed by atoms with E-state index in [0.29, 0.717) is 23.3 Å². The predicted molar refractivity (Wildman–Crippen MR) is 95.1 cm³/mol. The molecule has 130 valence electrons. The first-order valence-electron chi connectivity index (χ1n) is 8.26. The lowest BCUT2D eigenvalue weighted by Crippen LogP contribution is -2.22. The van der Waals surface area contributed by atoms with Gasteiger partial charge in [0.25, 0.3) is 5.56 Å². The van der Waals surface area contributed by atoms with E-state index in [1.165, 1.54) is 0 Å². The monoisotopic (exact) mass is 339 g/mol. The molecule has 3 rings (SSSR count).